The Kier molecular flexibility index (Phi) is 1.68. The van der Waals surface area contributed by atoms with Gasteiger partial charge in [-0.2, -0.15) is 0 Å². The third-order valence-corrected chi connectivity index (χ3v) is 1.22. The molecule has 0 atom stereocenters. The molecule has 0 aromatic heterocycles. The average Bonchev–Trinajstić information content (AvgIpc) is 1.90. The maximum atomic E-state index is 8.87. The van der Waals surface area contributed by atoms with Gasteiger partial charge in [-0.25, -0.2) is 0 Å². The van der Waals surface area contributed by atoms with Gasteiger partial charge in [0.2, 0.25) is 5.71 Å². The van der Waals surface area contributed by atoms with Gasteiger partial charge in [-0.15, -0.1) is 0 Å². The molecule has 1 aliphatic rings. The van der Waals surface area contributed by atoms with Crippen LogP contribution in [0.4, 0.5) is 0 Å². The van der Waals surface area contributed by atoms with Crippen molar-refractivity contribution in [3.8, 4) is 0 Å². The van der Waals surface area contributed by atoms with Crippen molar-refractivity contribution in [3.63, 3.8) is 0 Å². The van der Waals surface area contributed by atoms with Gasteiger partial charge in [0.25, 0.3) is 0 Å². The maximum absolute atomic E-state index is 8.87. The maximum Gasteiger partial charge on any atom is 0.230 e. The van der Waals surface area contributed by atoms with E-state index >= 15 is 0 Å². The highest BCUT2D eigenvalue weighted by Crippen LogP contribution is 1.96. The minimum Gasteiger partial charge on any atom is -0.291 e. The van der Waals surface area contributed by atoms with Gasteiger partial charge < -0.3 is 0 Å². The van der Waals surface area contributed by atoms with E-state index in [9.17, 15) is 0 Å². The van der Waals surface area contributed by atoms with E-state index in [0.717, 1.165) is 16.9 Å². The molecule has 0 aromatic carbocycles. The second-order valence-electron chi connectivity index (χ2n) is 1.92. The van der Waals surface area contributed by atoms with Crippen LogP contribution >= 0.6 is 0 Å². The highest BCUT2D eigenvalue weighted by Gasteiger charge is 2.05. The molecule has 0 heterocycles. The quantitative estimate of drug-likeness (QED) is 0.287. The smallest absolute Gasteiger partial charge is 0.230 e. The summed E-state index contributed by atoms with van der Waals surface area (Å²) < 4.78 is 1.12. The van der Waals surface area contributed by atoms with Crippen LogP contribution in [0.15, 0.2) is 18.2 Å². The molecule has 0 fully saturated rings. The van der Waals surface area contributed by atoms with Gasteiger partial charge in [0.1, 0.15) is 0 Å². The summed E-state index contributed by atoms with van der Waals surface area (Å²) in [6.45, 7) is 0. The Morgan fingerprint density at radius 3 is 2.89 bits per heavy atom. The summed E-state index contributed by atoms with van der Waals surface area (Å²) in [5.74, 6) is 0. The summed E-state index contributed by atoms with van der Waals surface area (Å²) in [5.41, 5.74) is 0.897. The molecule has 9 heavy (non-hydrogen) atoms. The van der Waals surface area contributed by atoms with Crippen molar-refractivity contribution >= 4 is 5.71 Å². The van der Waals surface area contributed by atoms with Crippen LogP contribution in [0.25, 0.3) is 0 Å². The fourth-order valence-corrected chi connectivity index (χ4v) is 0.684. The molecular weight excluding hydrogens is 114 g/mol. The van der Waals surface area contributed by atoms with Gasteiger partial charge in [-0.1, -0.05) is 6.08 Å². The van der Waals surface area contributed by atoms with Crippen molar-refractivity contribution in [3.05, 3.63) is 24.3 Å². The van der Waals surface area contributed by atoms with Gasteiger partial charge in [-0.05, 0) is 16.9 Å². The minimum atomic E-state index is 0.767. The van der Waals surface area contributed by atoms with Crippen LogP contribution in [-0.4, -0.2) is 22.7 Å². The zero-order valence-corrected chi connectivity index (χ0v) is 5.33. The number of rotatable bonds is 0. The van der Waals surface area contributed by atoms with E-state index in [0.29, 0.717) is 0 Å². The van der Waals surface area contributed by atoms with Gasteiger partial charge in [-0.3, -0.25) is 5.21 Å². The lowest BCUT2D eigenvalue weighted by Gasteiger charge is -1.93. The normalized spacial score (nSPS) is 22.3. The summed E-state index contributed by atoms with van der Waals surface area (Å²) in [6, 6.07) is 0. The number of hydrogen-bond acceptors (Lipinski definition) is 1. The Balaban J connectivity index is 2.78. The van der Waals surface area contributed by atoms with Crippen LogP contribution in [0, 0.1) is 6.08 Å². The van der Waals surface area contributed by atoms with Crippen LogP contribution in [-0.2, 0) is 0 Å². The predicted molar refractivity (Wildman–Crippen MR) is 34.5 cm³/mol. The molecule has 0 aliphatic heterocycles. The Bertz CT molecular complexity index is 185. The van der Waals surface area contributed by atoms with E-state index in [1.165, 1.54) is 0 Å². The van der Waals surface area contributed by atoms with Crippen molar-refractivity contribution in [2.24, 2.45) is 0 Å². The van der Waals surface area contributed by atoms with Crippen molar-refractivity contribution < 1.29 is 9.95 Å². The Labute approximate surface area is 54.4 Å². The first-order valence-electron chi connectivity index (χ1n) is 2.83. The topological polar surface area (TPSA) is 23.2 Å². The molecule has 0 aromatic rings. The molecule has 0 spiro atoms. The lowest BCUT2D eigenvalue weighted by molar-refractivity contribution is -0.754. The van der Waals surface area contributed by atoms with E-state index in [1.54, 1.807) is 13.1 Å². The second-order valence-corrected chi connectivity index (χ2v) is 1.92. The average molecular weight is 123 g/mol. The summed E-state index contributed by atoms with van der Waals surface area (Å²) in [7, 11) is 1.61. The monoisotopic (exact) mass is 123 g/mol. The molecule has 0 amide bonds. The lowest BCUT2D eigenvalue weighted by atomic mass is 10.1. The zero-order chi connectivity index (χ0) is 6.69. The first-order chi connectivity index (χ1) is 4.30. The molecule has 0 saturated carbocycles. The van der Waals surface area contributed by atoms with Crippen molar-refractivity contribution in [1.82, 2.24) is 0 Å². The third kappa shape index (κ3) is 1.42. The van der Waals surface area contributed by atoms with E-state index in [2.05, 4.69) is 6.08 Å². The minimum absolute atomic E-state index is 0.767. The van der Waals surface area contributed by atoms with Crippen molar-refractivity contribution in [2.45, 2.75) is 6.42 Å². The molecule has 2 heteroatoms. The highest BCUT2D eigenvalue weighted by atomic mass is 16.5. The summed E-state index contributed by atoms with van der Waals surface area (Å²) >= 11 is 0. The first-order valence-corrected chi connectivity index (χ1v) is 2.83. The molecule has 0 unspecified atom stereocenters. The van der Waals surface area contributed by atoms with E-state index < -0.39 is 0 Å². The summed E-state index contributed by atoms with van der Waals surface area (Å²) in [5, 5.41) is 8.87. The number of hydrogen-bond donors (Lipinski definition) is 1. The summed E-state index contributed by atoms with van der Waals surface area (Å²) in [6.07, 6.45) is 9.17. The largest absolute Gasteiger partial charge is 0.291 e. The number of nitrogens with zero attached hydrogens (tertiary/aromatic N) is 1. The van der Waals surface area contributed by atoms with Crippen LogP contribution < -0.4 is 0 Å². The fourth-order valence-electron chi connectivity index (χ4n) is 0.684. The van der Waals surface area contributed by atoms with Crippen LogP contribution in [0.2, 0.25) is 0 Å². The van der Waals surface area contributed by atoms with Gasteiger partial charge in [0.15, 0.2) is 7.05 Å². The predicted octanol–water partition coefficient (Wildman–Crippen LogP) is 0.778. The van der Waals surface area contributed by atoms with Gasteiger partial charge in [0.05, 0.1) is 6.42 Å². The summed E-state index contributed by atoms with van der Waals surface area (Å²) in [4.78, 5) is 0. The zero-order valence-electron chi connectivity index (χ0n) is 5.33. The molecule has 1 N–H and O–H groups in total. The Hall–Kier alpha value is -1.05. The van der Waals surface area contributed by atoms with E-state index in [-0.39, 0.29) is 0 Å². The SMILES string of the molecule is C[N+](O)=C1C=C[C]=CC1. The van der Waals surface area contributed by atoms with Crippen LogP contribution in [0.5, 0.6) is 0 Å². The standard InChI is InChI=1S/C7H9NO/c1-8(9)7-5-3-2-4-6-7/h3-5,9H,6H2,1H3/q+1. The van der Waals surface area contributed by atoms with Crippen molar-refractivity contribution in [2.75, 3.05) is 7.05 Å². The molecule has 1 rings (SSSR count). The molecule has 0 saturated heterocycles. The molecule has 1 radical (unpaired) electrons. The van der Waals surface area contributed by atoms with Gasteiger partial charge >= 0.3 is 0 Å². The van der Waals surface area contributed by atoms with Crippen LogP contribution in [0.3, 0.4) is 0 Å². The van der Waals surface area contributed by atoms with Gasteiger partial charge in [0, 0.05) is 6.08 Å². The van der Waals surface area contributed by atoms with Crippen LogP contribution in [0.1, 0.15) is 6.42 Å². The number of allylic oxidation sites excluding steroid dienone is 4. The lowest BCUT2D eigenvalue weighted by Crippen LogP contribution is -2.11. The second kappa shape index (κ2) is 2.49. The van der Waals surface area contributed by atoms with E-state index in [4.69, 9.17) is 5.21 Å². The molecule has 47 valence electrons. The van der Waals surface area contributed by atoms with Crippen molar-refractivity contribution in [1.29, 1.82) is 0 Å². The first kappa shape index (κ1) is 6.08. The molecular formula is C7H9NO+. The molecule has 1 aliphatic carbocycles. The Morgan fingerprint density at radius 2 is 2.56 bits per heavy atom. The molecule has 2 nitrogen and oxygen atoms in total. The molecule has 0 bridgehead atoms. The number of hydroxylamine groups is 1. The highest BCUT2D eigenvalue weighted by molar-refractivity contribution is 5.92. The Morgan fingerprint density at radius 1 is 1.78 bits per heavy atom. The third-order valence-electron chi connectivity index (χ3n) is 1.22. The fraction of sp³-hybridized carbons (Fsp3) is 0.286. The van der Waals surface area contributed by atoms with E-state index in [1.807, 2.05) is 12.2 Å².